The maximum atomic E-state index is 13.5. The van der Waals surface area contributed by atoms with Crippen LogP contribution in [0.1, 0.15) is 57.2 Å². The Labute approximate surface area is 202 Å². The number of rotatable bonds is 7. The summed E-state index contributed by atoms with van der Waals surface area (Å²) in [5.41, 5.74) is 3.27. The highest BCUT2D eigenvalue weighted by Crippen LogP contribution is 2.34. The maximum Gasteiger partial charge on any atom is 0.231 e. The lowest BCUT2D eigenvalue weighted by Gasteiger charge is -2.32. The van der Waals surface area contributed by atoms with Crippen molar-refractivity contribution in [3.05, 3.63) is 59.2 Å². The van der Waals surface area contributed by atoms with E-state index in [1.807, 2.05) is 29.2 Å². The van der Waals surface area contributed by atoms with Crippen LogP contribution in [0, 0.1) is 12.3 Å². The van der Waals surface area contributed by atoms with E-state index in [1.54, 1.807) is 6.92 Å². The molecule has 0 N–H and O–H groups in total. The fourth-order valence-electron chi connectivity index (χ4n) is 4.96. The fraction of sp³-hybridized carbons (Fsp3) is 0.500. The Balaban J connectivity index is 1.56. The van der Waals surface area contributed by atoms with Gasteiger partial charge >= 0.3 is 0 Å². The number of hydrogen-bond donors (Lipinski definition) is 0. The summed E-state index contributed by atoms with van der Waals surface area (Å²) in [6.45, 7) is 12.1. The number of ether oxygens (including phenoxy) is 2. The molecule has 0 aromatic heterocycles. The van der Waals surface area contributed by atoms with Crippen LogP contribution < -0.4 is 9.47 Å². The van der Waals surface area contributed by atoms with Gasteiger partial charge in [-0.1, -0.05) is 56.7 Å². The molecule has 1 saturated heterocycles. The van der Waals surface area contributed by atoms with Crippen molar-refractivity contribution in [2.24, 2.45) is 5.41 Å². The topological polar surface area (TPSA) is 59.1 Å². The van der Waals surface area contributed by atoms with Gasteiger partial charge < -0.3 is 14.4 Å². The van der Waals surface area contributed by atoms with Gasteiger partial charge in [-0.3, -0.25) is 14.5 Å². The monoisotopic (exact) mass is 464 g/mol. The van der Waals surface area contributed by atoms with E-state index >= 15 is 0 Å². The minimum atomic E-state index is -0.210. The average molecular weight is 465 g/mol. The minimum absolute atomic E-state index is 0.0155. The van der Waals surface area contributed by atoms with Crippen molar-refractivity contribution in [2.45, 2.75) is 72.6 Å². The summed E-state index contributed by atoms with van der Waals surface area (Å²) in [6, 6.07) is 14.0. The molecule has 0 saturated carbocycles. The zero-order chi connectivity index (χ0) is 24.5. The highest BCUT2D eigenvalue weighted by atomic mass is 16.7. The molecule has 4 rings (SSSR count). The Morgan fingerprint density at radius 2 is 1.82 bits per heavy atom. The number of aryl methyl sites for hydroxylation is 1. The van der Waals surface area contributed by atoms with Gasteiger partial charge in [-0.2, -0.15) is 0 Å². The van der Waals surface area contributed by atoms with Crippen molar-refractivity contribution >= 4 is 11.7 Å². The van der Waals surface area contributed by atoms with Gasteiger partial charge in [0, 0.05) is 32.1 Å². The van der Waals surface area contributed by atoms with Gasteiger partial charge in [0.1, 0.15) is 5.78 Å². The van der Waals surface area contributed by atoms with Crippen LogP contribution in [0.5, 0.6) is 11.5 Å². The molecule has 2 atom stereocenters. The quantitative estimate of drug-likeness (QED) is 0.593. The van der Waals surface area contributed by atoms with E-state index in [0.29, 0.717) is 32.5 Å². The molecule has 2 unspecified atom stereocenters. The zero-order valence-corrected chi connectivity index (χ0v) is 21.0. The lowest BCUT2D eigenvalue weighted by atomic mass is 9.91. The number of likely N-dealkylation sites (tertiary alicyclic amines) is 1. The summed E-state index contributed by atoms with van der Waals surface area (Å²) in [5.74, 6) is 1.78. The molecule has 6 nitrogen and oxygen atoms in total. The molecule has 2 aliphatic rings. The van der Waals surface area contributed by atoms with E-state index in [0.717, 1.165) is 22.6 Å². The van der Waals surface area contributed by atoms with Gasteiger partial charge in [-0.25, -0.2) is 0 Å². The summed E-state index contributed by atoms with van der Waals surface area (Å²) < 4.78 is 11.0. The van der Waals surface area contributed by atoms with E-state index in [9.17, 15) is 9.59 Å². The Bertz CT molecular complexity index is 1060. The molecule has 1 amide bonds. The molecule has 0 spiro atoms. The minimum Gasteiger partial charge on any atom is -0.454 e. The van der Waals surface area contributed by atoms with Crippen molar-refractivity contribution in [2.75, 3.05) is 13.3 Å². The van der Waals surface area contributed by atoms with Gasteiger partial charge in [0.15, 0.2) is 11.5 Å². The maximum absolute atomic E-state index is 13.5. The van der Waals surface area contributed by atoms with Crippen molar-refractivity contribution in [3.8, 4) is 11.5 Å². The molecule has 0 bridgehead atoms. The summed E-state index contributed by atoms with van der Waals surface area (Å²) in [4.78, 5) is 30.3. The van der Waals surface area contributed by atoms with Crippen molar-refractivity contribution in [1.29, 1.82) is 0 Å². The molecule has 2 aromatic rings. The second-order valence-electron chi connectivity index (χ2n) is 10.9. The number of nitrogens with zero attached hydrogens (tertiary/aromatic N) is 2. The summed E-state index contributed by atoms with van der Waals surface area (Å²) >= 11 is 0. The summed E-state index contributed by atoms with van der Waals surface area (Å²) in [7, 11) is 0. The molecule has 2 aliphatic heterocycles. The van der Waals surface area contributed by atoms with Crippen LogP contribution >= 0.6 is 0 Å². The molecule has 34 heavy (non-hydrogen) atoms. The van der Waals surface area contributed by atoms with Crippen LogP contribution in [0.2, 0.25) is 0 Å². The lowest BCUT2D eigenvalue weighted by Crippen LogP contribution is -2.42. The number of fused-ring (bicyclic) bond motifs is 1. The molecule has 0 aliphatic carbocycles. The predicted octanol–water partition coefficient (Wildman–Crippen LogP) is 4.72. The van der Waals surface area contributed by atoms with Gasteiger partial charge in [0.2, 0.25) is 12.7 Å². The van der Waals surface area contributed by atoms with E-state index < -0.39 is 0 Å². The molecule has 2 aromatic carbocycles. The van der Waals surface area contributed by atoms with E-state index in [4.69, 9.17) is 9.47 Å². The summed E-state index contributed by atoms with van der Waals surface area (Å²) in [5, 5.41) is 0. The van der Waals surface area contributed by atoms with Crippen molar-refractivity contribution in [3.63, 3.8) is 0 Å². The number of benzene rings is 2. The van der Waals surface area contributed by atoms with E-state index in [-0.39, 0.29) is 36.0 Å². The van der Waals surface area contributed by atoms with Crippen LogP contribution in [0.25, 0.3) is 0 Å². The lowest BCUT2D eigenvalue weighted by molar-refractivity contribution is -0.136. The number of ketones is 1. The Morgan fingerprint density at radius 3 is 2.53 bits per heavy atom. The molecular weight excluding hydrogens is 428 g/mol. The molecule has 0 radical (unpaired) electrons. The average Bonchev–Trinajstić information content (AvgIpc) is 3.37. The van der Waals surface area contributed by atoms with Crippen LogP contribution in [0.3, 0.4) is 0 Å². The predicted molar refractivity (Wildman–Crippen MR) is 132 cm³/mol. The largest absolute Gasteiger partial charge is 0.454 e. The third-order valence-electron chi connectivity index (χ3n) is 6.55. The molecule has 2 heterocycles. The second kappa shape index (κ2) is 9.79. The highest BCUT2D eigenvalue weighted by Gasteiger charge is 2.40. The SMILES string of the molecule is CC(=O)C1CC(N(Cc2cccc(C)c2)C(=O)CC(C)(C)C)CN1Cc1ccc2c(c1)OCO2. The number of amides is 1. The number of Topliss-reactive ketones (excluding diaryl/α,β-unsaturated/α-hetero) is 1. The fourth-order valence-corrected chi connectivity index (χ4v) is 4.96. The number of hydrogen-bond acceptors (Lipinski definition) is 5. The zero-order valence-electron chi connectivity index (χ0n) is 21.0. The van der Waals surface area contributed by atoms with Gasteiger partial charge in [-0.15, -0.1) is 0 Å². The third-order valence-corrected chi connectivity index (χ3v) is 6.55. The molecular formula is C28H36N2O4. The molecule has 6 heteroatoms. The van der Waals surface area contributed by atoms with Gasteiger partial charge in [-0.05, 0) is 48.9 Å². The first kappa shape index (κ1) is 24.3. The van der Waals surface area contributed by atoms with Crippen LogP contribution in [-0.2, 0) is 22.7 Å². The van der Waals surface area contributed by atoms with Crippen molar-refractivity contribution in [1.82, 2.24) is 9.80 Å². The van der Waals surface area contributed by atoms with E-state index in [2.05, 4.69) is 50.8 Å². The van der Waals surface area contributed by atoms with E-state index in [1.165, 1.54) is 5.56 Å². The van der Waals surface area contributed by atoms with Gasteiger partial charge in [0.25, 0.3) is 0 Å². The van der Waals surface area contributed by atoms with Gasteiger partial charge in [0.05, 0.1) is 6.04 Å². The summed E-state index contributed by atoms with van der Waals surface area (Å²) in [6.07, 6.45) is 1.13. The van der Waals surface area contributed by atoms with Crippen LogP contribution in [-0.4, -0.2) is 46.9 Å². The number of carbonyl (C=O) groups is 2. The molecule has 182 valence electrons. The Kier molecular flexibility index (Phi) is 6.99. The smallest absolute Gasteiger partial charge is 0.231 e. The molecule has 1 fully saturated rings. The Morgan fingerprint density at radius 1 is 1.06 bits per heavy atom. The first-order valence-electron chi connectivity index (χ1n) is 12.1. The normalized spacial score (nSPS) is 19.9. The first-order valence-corrected chi connectivity index (χ1v) is 12.1. The van der Waals surface area contributed by atoms with Crippen molar-refractivity contribution < 1.29 is 19.1 Å². The van der Waals surface area contributed by atoms with Crippen LogP contribution in [0.15, 0.2) is 42.5 Å². The second-order valence-corrected chi connectivity index (χ2v) is 10.9. The standard InChI is InChI=1S/C28H36N2O4/c1-19-7-6-8-21(11-19)16-30(27(32)14-28(3,4)5)23-13-24(20(2)31)29(17-23)15-22-9-10-25-26(12-22)34-18-33-25/h6-12,23-24H,13-18H2,1-5H3. The first-order chi connectivity index (χ1) is 16.1. The highest BCUT2D eigenvalue weighted by molar-refractivity contribution is 5.82. The van der Waals surface area contributed by atoms with Crippen LogP contribution in [0.4, 0.5) is 0 Å². The third kappa shape index (κ3) is 5.79. The Hall–Kier alpha value is -2.86. The number of carbonyl (C=O) groups excluding carboxylic acids is 2.